The molecular weight excluding hydrogens is 552 g/mol. The first-order valence-electron chi connectivity index (χ1n) is 16.9. The quantitative estimate of drug-likeness (QED) is 0.190. The molecule has 2 aromatic carbocycles. The van der Waals surface area contributed by atoms with Gasteiger partial charge in [-0.25, -0.2) is 4.98 Å². The average molecular weight is 601 g/mol. The SMILES string of the molecule is CCOC(=O)CN(CCOCc1ccccc1)c1nc2ccccc2n(C2CC3CCC(C2)N3C2CCCCCCC2)c1=O. The maximum atomic E-state index is 14.5. The Morgan fingerprint density at radius 3 is 2.27 bits per heavy atom. The van der Waals surface area contributed by atoms with Gasteiger partial charge in [0.25, 0.3) is 5.56 Å². The molecule has 2 bridgehead atoms. The van der Waals surface area contributed by atoms with Gasteiger partial charge in [-0.3, -0.25) is 14.5 Å². The molecule has 3 fully saturated rings. The number of fused-ring (bicyclic) bond motifs is 3. The topological polar surface area (TPSA) is 76.9 Å². The summed E-state index contributed by atoms with van der Waals surface area (Å²) in [5.41, 5.74) is 2.60. The van der Waals surface area contributed by atoms with Crippen LogP contribution in [0, 0.1) is 0 Å². The van der Waals surface area contributed by atoms with Crippen LogP contribution >= 0.6 is 0 Å². The molecule has 3 heterocycles. The number of esters is 1. The number of ether oxygens (including phenoxy) is 2. The molecule has 0 radical (unpaired) electrons. The van der Waals surface area contributed by atoms with E-state index in [2.05, 4.69) is 4.90 Å². The third kappa shape index (κ3) is 7.02. The van der Waals surface area contributed by atoms with E-state index in [0.717, 1.165) is 29.4 Å². The summed E-state index contributed by atoms with van der Waals surface area (Å²) in [5.74, 6) is -0.0723. The lowest BCUT2D eigenvalue weighted by atomic mass is 9.89. The number of rotatable bonds is 11. The molecule has 0 spiro atoms. The van der Waals surface area contributed by atoms with E-state index < -0.39 is 0 Å². The van der Waals surface area contributed by atoms with Gasteiger partial charge in [0.2, 0.25) is 0 Å². The normalized spacial score (nSPS) is 22.9. The van der Waals surface area contributed by atoms with E-state index in [0.29, 0.717) is 43.7 Å². The summed E-state index contributed by atoms with van der Waals surface area (Å²) in [6, 6.07) is 19.8. The van der Waals surface area contributed by atoms with E-state index >= 15 is 0 Å². The molecule has 0 N–H and O–H groups in total. The van der Waals surface area contributed by atoms with E-state index in [-0.39, 0.29) is 30.7 Å². The number of para-hydroxylation sites is 2. The van der Waals surface area contributed by atoms with Crippen LogP contribution in [0.3, 0.4) is 0 Å². The molecule has 2 unspecified atom stereocenters. The van der Waals surface area contributed by atoms with Crippen LogP contribution in [0.1, 0.15) is 89.2 Å². The molecule has 2 aliphatic heterocycles. The summed E-state index contributed by atoms with van der Waals surface area (Å²) in [6.07, 6.45) is 13.8. The number of piperidine rings is 1. The van der Waals surface area contributed by atoms with E-state index in [9.17, 15) is 9.59 Å². The van der Waals surface area contributed by atoms with Crippen LogP contribution in [-0.2, 0) is 20.9 Å². The smallest absolute Gasteiger partial charge is 0.325 e. The van der Waals surface area contributed by atoms with Gasteiger partial charge < -0.3 is 18.9 Å². The molecule has 1 aliphatic carbocycles. The summed E-state index contributed by atoms with van der Waals surface area (Å²) in [6.45, 7) is 3.21. The number of benzene rings is 2. The van der Waals surface area contributed by atoms with Crippen molar-refractivity contribution in [3.63, 3.8) is 0 Å². The fraction of sp³-hybridized carbons (Fsp3) is 0.583. The number of hydrogen-bond donors (Lipinski definition) is 0. The summed E-state index contributed by atoms with van der Waals surface area (Å²) in [7, 11) is 0. The highest BCUT2D eigenvalue weighted by atomic mass is 16.5. The standard InChI is InChI=1S/C36H48N4O4/c1-2-44-34(41)25-38(21-22-43-26-27-13-7-6-8-14-27)35-36(42)40(33-18-12-11-17-32(33)37-35)31-23-29-19-20-30(24-31)39(29)28-15-9-4-3-5-10-16-28/h6-8,11-14,17-18,28-31H,2-5,9-10,15-16,19-26H2,1H3. The van der Waals surface area contributed by atoms with Crippen LogP contribution < -0.4 is 10.5 Å². The molecule has 3 aliphatic rings. The number of anilines is 1. The highest BCUT2D eigenvalue weighted by Crippen LogP contribution is 2.44. The molecule has 2 atom stereocenters. The monoisotopic (exact) mass is 600 g/mol. The van der Waals surface area contributed by atoms with Gasteiger partial charge in [-0.2, -0.15) is 0 Å². The molecule has 1 aromatic heterocycles. The Balaban J connectivity index is 1.27. The molecule has 0 amide bonds. The van der Waals surface area contributed by atoms with E-state index in [4.69, 9.17) is 14.5 Å². The zero-order chi connectivity index (χ0) is 30.3. The lowest BCUT2D eigenvalue weighted by molar-refractivity contribution is -0.141. The van der Waals surface area contributed by atoms with Gasteiger partial charge in [-0.1, -0.05) is 74.6 Å². The number of nitrogens with zero attached hydrogens (tertiary/aromatic N) is 4. The zero-order valence-electron chi connectivity index (χ0n) is 26.2. The minimum absolute atomic E-state index is 0.0471. The molecule has 1 saturated carbocycles. The molecule has 236 valence electrons. The summed E-state index contributed by atoms with van der Waals surface area (Å²) in [4.78, 5) is 36.7. The van der Waals surface area contributed by atoms with Crippen molar-refractivity contribution >= 4 is 22.8 Å². The number of aromatic nitrogens is 2. The first-order valence-corrected chi connectivity index (χ1v) is 16.9. The fourth-order valence-corrected chi connectivity index (χ4v) is 8.00. The summed E-state index contributed by atoms with van der Waals surface area (Å²) < 4.78 is 13.3. The second-order valence-corrected chi connectivity index (χ2v) is 12.8. The molecular formula is C36H48N4O4. The van der Waals surface area contributed by atoms with Gasteiger partial charge in [0.1, 0.15) is 6.54 Å². The molecule has 6 rings (SSSR count). The van der Waals surface area contributed by atoms with E-state index in [1.807, 2.05) is 59.2 Å². The van der Waals surface area contributed by atoms with Gasteiger partial charge in [0.15, 0.2) is 5.82 Å². The van der Waals surface area contributed by atoms with Crippen molar-refractivity contribution in [3.05, 3.63) is 70.5 Å². The molecule has 8 nitrogen and oxygen atoms in total. The van der Waals surface area contributed by atoms with Crippen molar-refractivity contribution < 1.29 is 14.3 Å². The van der Waals surface area contributed by atoms with Crippen LogP contribution in [0.15, 0.2) is 59.4 Å². The number of carbonyl (C=O) groups excluding carboxylic acids is 1. The van der Waals surface area contributed by atoms with Gasteiger partial charge in [-0.05, 0) is 63.1 Å². The van der Waals surface area contributed by atoms with Crippen molar-refractivity contribution in [2.24, 2.45) is 0 Å². The molecule has 2 saturated heterocycles. The zero-order valence-corrected chi connectivity index (χ0v) is 26.2. The van der Waals surface area contributed by atoms with Gasteiger partial charge in [0.05, 0.1) is 30.9 Å². The molecule has 3 aromatic rings. The Hall–Kier alpha value is -3.23. The Morgan fingerprint density at radius 1 is 0.864 bits per heavy atom. The first kappa shape index (κ1) is 30.8. The lowest BCUT2D eigenvalue weighted by Gasteiger charge is -2.45. The maximum absolute atomic E-state index is 14.5. The highest BCUT2D eigenvalue weighted by Gasteiger charge is 2.44. The molecule has 44 heavy (non-hydrogen) atoms. The largest absolute Gasteiger partial charge is 0.465 e. The Kier molecular flexibility index (Phi) is 10.3. The highest BCUT2D eigenvalue weighted by molar-refractivity contribution is 5.79. The van der Waals surface area contributed by atoms with Crippen LogP contribution in [-0.4, -0.2) is 64.8 Å². The van der Waals surface area contributed by atoms with Crippen LogP contribution in [0.25, 0.3) is 11.0 Å². The Bertz CT molecular complexity index is 1420. The van der Waals surface area contributed by atoms with Crippen molar-refractivity contribution in [2.75, 3.05) is 31.2 Å². The minimum Gasteiger partial charge on any atom is -0.465 e. The average Bonchev–Trinajstić information content (AvgIpc) is 3.27. The fourth-order valence-electron chi connectivity index (χ4n) is 8.00. The van der Waals surface area contributed by atoms with E-state index in [1.54, 1.807) is 11.8 Å². The van der Waals surface area contributed by atoms with Gasteiger partial charge >= 0.3 is 5.97 Å². The summed E-state index contributed by atoms with van der Waals surface area (Å²) in [5, 5.41) is 0. The van der Waals surface area contributed by atoms with Crippen molar-refractivity contribution in [1.82, 2.24) is 14.5 Å². The predicted molar refractivity (Wildman–Crippen MR) is 174 cm³/mol. The third-order valence-corrected chi connectivity index (χ3v) is 9.95. The van der Waals surface area contributed by atoms with Crippen molar-refractivity contribution in [2.45, 2.75) is 108 Å². The van der Waals surface area contributed by atoms with Gasteiger partial charge in [-0.15, -0.1) is 0 Å². The van der Waals surface area contributed by atoms with Gasteiger partial charge in [0, 0.05) is 30.7 Å². The van der Waals surface area contributed by atoms with Crippen LogP contribution in [0.4, 0.5) is 5.82 Å². The second kappa shape index (κ2) is 14.7. The Morgan fingerprint density at radius 2 is 1.55 bits per heavy atom. The lowest BCUT2D eigenvalue weighted by Crippen LogP contribution is -2.50. The Labute approximate surface area is 261 Å². The second-order valence-electron chi connectivity index (χ2n) is 12.8. The summed E-state index contributed by atoms with van der Waals surface area (Å²) >= 11 is 0. The van der Waals surface area contributed by atoms with E-state index in [1.165, 1.54) is 57.8 Å². The van der Waals surface area contributed by atoms with Crippen LogP contribution in [0.5, 0.6) is 0 Å². The maximum Gasteiger partial charge on any atom is 0.325 e. The predicted octanol–water partition coefficient (Wildman–Crippen LogP) is 6.26. The van der Waals surface area contributed by atoms with Crippen molar-refractivity contribution in [3.8, 4) is 0 Å². The minimum atomic E-state index is -0.373. The first-order chi connectivity index (χ1) is 21.6. The van der Waals surface area contributed by atoms with Crippen molar-refractivity contribution in [1.29, 1.82) is 0 Å². The molecule has 8 heteroatoms. The number of carbonyl (C=O) groups is 1. The van der Waals surface area contributed by atoms with Crippen LogP contribution in [0.2, 0.25) is 0 Å². The number of hydrogen-bond acceptors (Lipinski definition) is 7. The third-order valence-electron chi connectivity index (χ3n) is 9.95.